The van der Waals surface area contributed by atoms with Crippen molar-refractivity contribution in [3.8, 4) is 5.75 Å². The Balaban J connectivity index is 0.00000392. The number of benzene rings is 1. The summed E-state index contributed by atoms with van der Waals surface area (Å²) < 4.78 is 11.2. The lowest BCUT2D eigenvalue weighted by atomic mass is 10.1. The van der Waals surface area contributed by atoms with Gasteiger partial charge in [0.1, 0.15) is 5.75 Å². The van der Waals surface area contributed by atoms with Crippen molar-refractivity contribution >= 4 is 29.9 Å². The predicted octanol–water partition coefficient (Wildman–Crippen LogP) is 3.07. The van der Waals surface area contributed by atoms with Crippen LogP contribution < -0.4 is 10.1 Å². The first kappa shape index (κ1) is 25.0. The summed E-state index contributed by atoms with van der Waals surface area (Å²) in [7, 11) is 3.55. The minimum Gasteiger partial charge on any atom is -0.496 e. The summed E-state index contributed by atoms with van der Waals surface area (Å²) in [6.07, 6.45) is 1.24. The van der Waals surface area contributed by atoms with Gasteiger partial charge in [-0.3, -0.25) is 4.99 Å². The van der Waals surface area contributed by atoms with Gasteiger partial charge < -0.3 is 24.6 Å². The first-order chi connectivity index (χ1) is 13.2. The summed E-state index contributed by atoms with van der Waals surface area (Å²) in [4.78, 5) is 9.33. The number of aliphatic imine (C=N–C) groups is 1. The van der Waals surface area contributed by atoms with Crippen molar-refractivity contribution in [1.82, 2.24) is 15.1 Å². The second kappa shape index (κ2) is 14.0. The molecule has 0 aliphatic carbocycles. The Morgan fingerprint density at radius 3 is 2.71 bits per heavy atom. The highest BCUT2D eigenvalue weighted by molar-refractivity contribution is 14.0. The number of rotatable bonds is 10. The van der Waals surface area contributed by atoms with Crippen LogP contribution in [0.2, 0.25) is 0 Å². The van der Waals surface area contributed by atoms with Gasteiger partial charge in [-0.15, -0.1) is 24.0 Å². The van der Waals surface area contributed by atoms with Crippen LogP contribution in [-0.2, 0) is 11.3 Å². The second-order valence-corrected chi connectivity index (χ2v) is 6.92. The van der Waals surface area contributed by atoms with Crippen LogP contribution in [0.25, 0.3) is 0 Å². The lowest BCUT2D eigenvalue weighted by Gasteiger charge is -2.24. The van der Waals surface area contributed by atoms with E-state index in [0.717, 1.165) is 55.9 Å². The number of para-hydroxylation sites is 1. The summed E-state index contributed by atoms with van der Waals surface area (Å²) in [5.74, 6) is 2.58. The van der Waals surface area contributed by atoms with Crippen molar-refractivity contribution in [1.29, 1.82) is 0 Å². The Hall–Kier alpha value is -1.06. The summed E-state index contributed by atoms with van der Waals surface area (Å²) >= 11 is 0. The highest BCUT2D eigenvalue weighted by Gasteiger charge is 2.25. The summed E-state index contributed by atoms with van der Waals surface area (Å²) in [6, 6.07) is 7.97. The molecule has 1 aliphatic heterocycles. The molecule has 0 aromatic heterocycles. The first-order valence-electron chi connectivity index (χ1n) is 10.1. The number of nitrogens with one attached hydrogen (secondary N) is 1. The van der Waals surface area contributed by atoms with E-state index in [-0.39, 0.29) is 24.0 Å². The molecule has 1 fully saturated rings. The minimum absolute atomic E-state index is 0. The van der Waals surface area contributed by atoms with Crippen molar-refractivity contribution in [2.75, 3.05) is 60.0 Å². The number of likely N-dealkylation sites (tertiary alicyclic amines) is 1. The number of guanidine groups is 1. The molecule has 1 aromatic rings. The third-order valence-electron chi connectivity index (χ3n) is 5.19. The van der Waals surface area contributed by atoms with Crippen molar-refractivity contribution < 1.29 is 9.47 Å². The average Bonchev–Trinajstić information content (AvgIpc) is 3.17. The zero-order chi connectivity index (χ0) is 19.5. The monoisotopic (exact) mass is 504 g/mol. The quantitative estimate of drug-likeness (QED) is 0.230. The normalized spacial score (nSPS) is 17.0. The van der Waals surface area contributed by atoms with Gasteiger partial charge in [-0.25, -0.2) is 0 Å². The van der Waals surface area contributed by atoms with Gasteiger partial charge in [0.2, 0.25) is 0 Å². The number of methoxy groups -OCH3 is 1. The van der Waals surface area contributed by atoms with Gasteiger partial charge in [-0.1, -0.05) is 32.0 Å². The third kappa shape index (κ3) is 7.75. The average molecular weight is 504 g/mol. The Kier molecular flexibility index (Phi) is 12.5. The smallest absolute Gasteiger partial charge is 0.193 e. The van der Waals surface area contributed by atoms with Crippen LogP contribution in [0.5, 0.6) is 5.75 Å². The molecule has 0 bridgehead atoms. The molecule has 0 radical (unpaired) electrons. The van der Waals surface area contributed by atoms with E-state index in [1.165, 1.54) is 13.0 Å². The van der Waals surface area contributed by atoms with E-state index in [4.69, 9.17) is 9.47 Å². The lowest BCUT2D eigenvalue weighted by molar-refractivity contribution is 0.123. The SMILES string of the molecule is CCN(CC)CC1CCN(C(=NC)NCCOCc2ccccc2OC)C1.I. The Labute approximate surface area is 187 Å². The van der Waals surface area contributed by atoms with Crippen molar-refractivity contribution in [3.63, 3.8) is 0 Å². The van der Waals surface area contributed by atoms with Crippen LogP contribution in [0.1, 0.15) is 25.8 Å². The molecule has 0 saturated carbocycles. The van der Waals surface area contributed by atoms with E-state index in [9.17, 15) is 0 Å². The summed E-state index contributed by atoms with van der Waals surface area (Å²) in [5, 5.41) is 3.43. The molecule has 160 valence electrons. The van der Waals surface area contributed by atoms with E-state index in [1.807, 2.05) is 31.3 Å². The molecular weight excluding hydrogens is 467 g/mol. The maximum atomic E-state index is 5.80. The minimum atomic E-state index is 0. The van der Waals surface area contributed by atoms with Gasteiger partial charge in [0, 0.05) is 38.8 Å². The summed E-state index contributed by atoms with van der Waals surface area (Å²) in [6.45, 7) is 12.0. The molecule has 0 spiro atoms. The first-order valence-corrected chi connectivity index (χ1v) is 10.1. The molecule has 1 atom stereocenters. The largest absolute Gasteiger partial charge is 0.496 e. The van der Waals surface area contributed by atoms with Gasteiger partial charge in [0.15, 0.2) is 5.96 Å². The van der Waals surface area contributed by atoms with E-state index in [0.29, 0.717) is 13.2 Å². The Bertz CT molecular complexity index is 581. The fourth-order valence-corrected chi connectivity index (χ4v) is 3.59. The fraction of sp³-hybridized carbons (Fsp3) is 0.667. The number of hydrogen-bond donors (Lipinski definition) is 1. The van der Waals surface area contributed by atoms with Crippen LogP contribution in [0.3, 0.4) is 0 Å². The molecule has 1 N–H and O–H groups in total. The van der Waals surface area contributed by atoms with E-state index in [1.54, 1.807) is 7.11 Å². The predicted molar refractivity (Wildman–Crippen MR) is 127 cm³/mol. The van der Waals surface area contributed by atoms with Crippen LogP contribution in [0.15, 0.2) is 29.3 Å². The number of halogens is 1. The van der Waals surface area contributed by atoms with Gasteiger partial charge in [0.05, 0.1) is 20.3 Å². The molecule has 6 nitrogen and oxygen atoms in total. The Morgan fingerprint density at radius 2 is 2.04 bits per heavy atom. The van der Waals surface area contributed by atoms with Crippen LogP contribution in [0.4, 0.5) is 0 Å². The molecule has 1 unspecified atom stereocenters. The zero-order valence-electron chi connectivity index (χ0n) is 17.8. The van der Waals surface area contributed by atoms with E-state index < -0.39 is 0 Å². The summed E-state index contributed by atoms with van der Waals surface area (Å²) in [5.41, 5.74) is 1.07. The molecule has 1 heterocycles. The highest BCUT2D eigenvalue weighted by Crippen LogP contribution is 2.18. The molecular formula is C21H37IN4O2. The standard InChI is InChI=1S/C21H36N4O2.HI/c1-5-24(6-2)15-18-11-13-25(16-18)21(22-3)23-12-14-27-17-19-9-7-8-10-20(19)26-4;/h7-10,18H,5-6,11-17H2,1-4H3,(H,22,23);1H. The fourth-order valence-electron chi connectivity index (χ4n) is 3.59. The molecule has 28 heavy (non-hydrogen) atoms. The highest BCUT2D eigenvalue weighted by atomic mass is 127. The third-order valence-corrected chi connectivity index (χ3v) is 5.19. The van der Waals surface area contributed by atoms with Crippen LogP contribution >= 0.6 is 24.0 Å². The number of nitrogens with zero attached hydrogens (tertiary/aromatic N) is 3. The molecule has 0 amide bonds. The zero-order valence-corrected chi connectivity index (χ0v) is 20.1. The van der Waals surface area contributed by atoms with E-state index in [2.05, 4.69) is 34.0 Å². The van der Waals surface area contributed by atoms with Crippen molar-refractivity contribution in [3.05, 3.63) is 29.8 Å². The van der Waals surface area contributed by atoms with Gasteiger partial charge in [-0.2, -0.15) is 0 Å². The van der Waals surface area contributed by atoms with Gasteiger partial charge in [0.25, 0.3) is 0 Å². The van der Waals surface area contributed by atoms with E-state index >= 15 is 0 Å². The number of hydrogen-bond acceptors (Lipinski definition) is 4. The molecule has 7 heteroatoms. The molecule has 1 aliphatic rings. The maximum Gasteiger partial charge on any atom is 0.193 e. The Morgan fingerprint density at radius 1 is 1.29 bits per heavy atom. The topological polar surface area (TPSA) is 49.3 Å². The molecule has 1 saturated heterocycles. The van der Waals surface area contributed by atoms with Crippen LogP contribution in [-0.4, -0.2) is 75.8 Å². The second-order valence-electron chi connectivity index (χ2n) is 6.92. The van der Waals surface area contributed by atoms with Gasteiger partial charge in [-0.05, 0) is 31.5 Å². The molecule has 1 aromatic carbocycles. The van der Waals surface area contributed by atoms with Crippen molar-refractivity contribution in [2.24, 2.45) is 10.9 Å². The van der Waals surface area contributed by atoms with Crippen molar-refractivity contribution in [2.45, 2.75) is 26.9 Å². The maximum absolute atomic E-state index is 5.80. The van der Waals surface area contributed by atoms with Gasteiger partial charge >= 0.3 is 0 Å². The molecule has 2 rings (SSSR count). The lowest BCUT2D eigenvalue weighted by Crippen LogP contribution is -2.42. The van der Waals surface area contributed by atoms with Crippen LogP contribution in [0, 0.1) is 5.92 Å². The number of ether oxygens (including phenoxy) is 2.